The molecule has 2 rings (SSSR count). The molecule has 0 atom stereocenters. The molecule has 0 aliphatic carbocycles. The zero-order chi connectivity index (χ0) is 14.8. The maximum atomic E-state index is 12.0. The van der Waals surface area contributed by atoms with Crippen LogP contribution in [0.15, 0.2) is 10.8 Å². The van der Waals surface area contributed by atoms with Crippen molar-refractivity contribution in [3.63, 3.8) is 0 Å². The van der Waals surface area contributed by atoms with E-state index in [2.05, 4.69) is 10.5 Å². The van der Waals surface area contributed by atoms with E-state index in [-0.39, 0.29) is 29.8 Å². The smallest absolute Gasteiger partial charge is 0.273 e. The summed E-state index contributed by atoms with van der Waals surface area (Å²) in [6.07, 6.45) is 2.11. The molecule has 0 bridgehead atoms. The summed E-state index contributed by atoms with van der Waals surface area (Å²) < 4.78 is 29.4. The van der Waals surface area contributed by atoms with Gasteiger partial charge in [-0.3, -0.25) is 4.79 Å². The maximum absolute atomic E-state index is 12.0. The Labute approximate surface area is 118 Å². The van der Waals surface area contributed by atoms with Crippen LogP contribution in [0.4, 0.5) is 0 Å². The molecule has 1 aliphatic heterocycles. The highest BCUT2D eigenvalue weighted by molar-refractivity contribution is 7.89. The van der Waals surface area contributed by atoms with E-state index in [1.807, 2.05) is 13.8 Å². The maximum Gasteiger partial charge on any atom is 0.273 e. The Hall–Kier alpha value is -1.41. The van der Waals surface area contributed by atoms with Gasteiger partial charge in [0.2, 0.25) is 10.0 Å². The van der Waals surface area contributed by atoms with Crippen LogP contribution in [-0.2, 0) is 10.0 Å². The average Bonchev–Trinajstić information content (AvgIpc) is 2.96. The third-order valence-corrected chi connectivity index (χ3v) is 5.24. The van der Waals surface area contributed by atoms with Gasteiger partial charge >= 0.3 is 0 Å². The number of amides is 1. The fourth-order valence-corrected chi connectivity index (χ4v) is 3.68. The normalized spacial score (nSPS) is 18.6. The summed E-state index contributed by atoms with van der Waals surface area (Å²) in [6.45, 7) is 4.98. The van der Waals surface area contributed by atoms with Crippen LogP contribution in [0.3, 0.4) is 0 Å². The Morgan fingerprint density at radius 3 is 2.90 bits per heavy atom. The molecular weight excluding hydrogens is 282 g/mol. The van der Waals surface area contributed by atoms with Gasteiger partial charge in [0.25, 0.3) is 5.91 Å². The molecule has 0 aromatic carbocycles. The number of sulfonamides is 1. The molecule has 2 heterocycles. The molecule has 1 aromatic rings. The van der Waals surface area contributed by atoms with Gasteiger partial charge in [0, 0.05) is 25.2 Å². The van der Waals surface area contributed by atoms with Gasteiger partial charge in [-0.25, -0.2) is 12.7 Å². The first kappa shape index (κ1) is 15.0. The van der Waals surface area contributed by atoms with E-state index >= 15 is 0 Å². The minimum atomic E-state index is -3.11. The Morgan fingerprint density at radius 2 is 2.30 bits per heavy atom. The van der Waals surface area contributed by atoms with Crippen molar-refractivity contribution in [1.29, 1.82) is 0 Å². The van der Waals surface area contributed by atoms with Crippen LogP contribution >= 0.6 is 0 Å². The number of hydrogen-bond acceptors (Lipinski definition) is 5. The quantitative estimate of drug-likeness (QED) is 0.858. The molecule has 1 saturated heterocycles. The van der Waals surface area contributed by atoms with E-state index < -0.39 is 10.0 Å². The molecule has 1 aromatic heterocycles. The van der Waals surface area contributed by atoms with Gasteiger partial charge in [-0.2, -0.15) is 0 Å². The fraction of sp³-hybridized carbons (Fsp3) is 0.667. The van der Waals surface area contributed by atoms with Crippen molar-refractivity contribution < 1.29 is 17.7 Å². The molecule has 1 fully saturated rings. The van der Waals surface area contributed by atoms with Crippen molar-refractivity contribution >= 4 is 15.9 Å². The van der Waals surface area contributed by atoms with E-state index in [0.717, 1.165) is 5.56 Å². The topological polar surface area (TPSA) is 92.5 Å². The van der Waals surface area contributed by atoms with Crippen molar-refractivity contribution in [1.82, 2.24) is 14.8 Å². The predicted molar refractivity (Wildman–Crippen MR) is 72.9 cm³/mol. The van der Waals surface area contributed by atoms with E-state index in [1.54, 1.807) is 0 Å². The minimum Gasteiger partial charge on any atom is -0.364 e. The van der Waals surface area contributed by atoms with Crippen molar-refractivity contribution in [3.05, 3.63) is 17.5 Å². The van der Waals surface area contributed by atoms with Crippen LogP contribution in [0.5, 0.6) is 0 Å². The highest BCUT2D eigenvalue weighted by Gasteiger charge is 2.27. The third-order valence-electron chi connectivity index (χ3n) is 3.28. The zero-order valence-corrected chi connectivity index (χ0v) is 12.4. The largest absolute Gasteiger partial charge is 0.364 e. The van der Waals surface area contributed by atoms with Crippen molar-refractivity contribution in [3.8, 4) is 0 Å². The average molecular weight is 301 g/mol. The van der Waals surface area contributed by atoms with Gasteiger partial charge in [0.15, 0.2) is 5.69 Å². The lowest BCUT2D eigenvalue weighted by Gasteiger charge is -2.14. The second-order valence-electron chi connectivity index (χ2n) is 5.10. The molecule has 1 amide bonds. The van der Waals surface area contributed by atoms with Crippen LogP contribution in [-0.4, -0.2) is 49.2 Å². The molecule has 1 aliphatic rings. The highest BCUT2D eigenvalue weighted by Crippen LogP contribution is 2.18. The van der Waals surface area contributed by atoms with Crippen LogP contribution in [0, 0.1) is 0 Å². The zero-order valence-electron chi connectivity index (χ0n) is 11.6. The van der Waals surface area contributed by atoms with Crippen molar-refractivity contribution in [2.45, 2.75) is 26.2 Å². The molecule has 0 radical (unpaired) electrons. The number of nitrogens with zero attached hydrogens (tertiary/aromatic N) is 2. The molecule has 112 valence electrons. The van der Waals surface area contributed by atoms with E-state index in [4.69, 9.17) is 4.52 Å². The second-order valence-corrected chi connectivity index (χ2v) is 7.19. The summed E-state index contributed by atoms with van der Waals surface area (Å²) in [7, 11) is -3.11. The lowest BCUT2D eigenvalue weighted by molar-refractivity contribution is 0.0941. The number of nitrogens with one attached hydrogen (secondary N) is 1. The molecule has 1 N–H and O–H groups in total. The lowest BCUT2D eigenvalue weighted by Crippen LogP contribution is -2.36. The molecule has 0 saturated carbocycles. The van der Waals surface area contributed by atoms with Gasteiger partial charge in [-0.1, -0.05) is 19.0 Å². The van der Waals surface area contributed by atoms with E-state index in [9.17, 15) is 13.2 Å². The van der Waals surface area contributed by atoms with E-state index in [1.165, 1.54) is 10.6 Å². The van der Waals surface area contributed by atoms with Gasteiger partial charge < -0.3 is 9.84 Å². The highest BCUT2D eigenvalue weighted by atomic mass is 32.2. The Morgan fingerprint density at radius 1 is 1.55 bits per heavy atom. The van der Waals surface area contributed by atoms with Crippen LogP contribution in [0.2, 0.25) is 0 Å². The second kappa shape index (κ2) is 5.92. The number of aromatic nitrogens is 1. The summed E-state index contributed by atoms with van der Waals surface area (Å²) in [5, 5.41) is 6.37. The van der Waals surface area contributed by atoms with Crippen LogP contribution in [0.1, 0.15) is 42.2 Å². The van der Waals surface area contributed by atoms with Gasteiger partial charge in [0.1, 0.15) is 6.26 Å². The minimum absolute atomic E-state index is 0.140. The number of carbonyl (C=O) groups excluding carboxylic acids is 1. The van der Waals surface area contributed by atoms with Gasteiger partial charge in [0.05, 0.1) is 5.75 Å². The van der Waals surface area contributed by atoms with Crippen molar-refractivity contribution in [2.75, 3.05) is 25.4 Å². The molecular formula is C12H19N3O4S. The number of carbonyl (C=O) groups is 1. The SMILES string of the molecule is CC(C)c1conc1C(=O)NCCN1CCCS1(=O)=O. The summed E-state index contributed by atoms with van der Waals surface area (Å²) in [5.41, 5.74) is 1.01. The summed E-state index contributed by atoms with van der Waals surface area (Å²) >= 11 is 0. The summed E-state index contributed by atoms with van der Waals surface area (Å²) in [4.78, 5) is 12.0. The predicted octanol–water partition coefficient (Wildman–Crippen LogP) is 0.563. The van der Waals surface area contributed by atoms with Crippen molar-refractivity contribution in [2.24, 2.45) is 0 Å². The first-order chi connectivity index (χ1) is 9.42. The summed E-state index contributed by atoms with van der Waals surface area (Å²) in [6, 6.07) is 0. The molecule has 7 nitrogen and oxygen atoms in total. The number of rotatable bonds is 5. The first-order valence-corrected chi connectivity index (χ1v) is 8.23. The van der Waals surface area contributed by atoms with Gasteiger partial charge in [-0.15, -0.1) is 0 Å². The lowest BCUT2D eigenvalue weighted by atomic mass is 10.0. The first-order valence-electron chi connectivity index (χ1n) is 6.62. The molecule has 8 heteroatoms. The number of hydrogen-bond donors (Lipinski definition) is 1. The Balaban J connectivity index is 1.88. The standard InChI is InChI=1S/C12H19N3O4S/c1-9(2)10-8-19-14-11(10)12(16)13-4-6-15-5-3-7-20(15,17)18/h8-9H,3-7H2,1-2H3,(H,13,16). The fourth-order valence-electron chi connectivity index (χ4n) is 2.15. The van der Waals surface area contributed by atoms with Crippen LogP contribution in [0.25, 0.3) is 0 Å². The Kier molecular flexibility index (Phi) is 4.44. The van der Waals surface area contributed by atoms with Gasteiger partial charge in [-0.05, 0) is 12.3 Å². The van der Waals surface area contributed by atoms with Crippen LogP contribution < -0.4 is 5.32 Å². The molecule has 0 unspecified atom stereocenters. The van der Waals surface area contributed by atoms with E-state index in [0.29, 0.717) is 19.5 Å². The Bertz CT molecular complexity index is 579. The molecule has 20 heavy (non-hydrogen) atoms. The third kappa shape index (κ3) is 3.18. The molecule has 0 spiro atoms. The monoisotopic (exact) mass is 301 g/mol. The summed E-state index contributed by atoms with van der Waals surface area (Å²) in [5.74, 6) is 0.00172.